The van der Waals surface area contributed by atoms with E-state index >= 15 is 0 Å². The second kappa shape index (κ2) is 8.37. The van der Waals surface area contributed by atoms with Gasteiger partial charge in [-0.25, -0.2) is 4.79 Å². The summed E-state index contributed by atoms with van der Waals surface area (Å²) in [6, 6.07) is 7.35. The van der Waals surface area contributed by atoms with Gasteiger partial charge in [-0.15, -0.1) is 0 Å². The van der Waals surface area contributed by atoms with E-state index in [2.05, 4.69) is 10.6 Å². The maximum Gasteiger partial charge on any atom is 0.315 e. The highest BCUT2D eigenvalue weighted by molar-refractivity contribution is 5.73. The Kier molecular flexibility index (Phi) is 6.74. The molecule has 0 heterocycles. The number of benzene rings is 1. The van der Waals surface area contributed by atoms with Gasteiger partial charge in [0, 0.05) is 25.3 Å². The molecule has 0 aliphatic carbocycles. The van der Waals surface area contributed by atoms with Gasteiger partial charge < -0.3 is 20.5 Å². The van der Waals surface area contributed by atoms with Crippen molar-refractivity contribution in [1.82, 2.24) is 10.6 Å². The summed E-state index contributed by atoms with van der Waals surface area (Å²) < 4.78 is 5.21. The van der Waals surface area contributed by atoms with Crippen molar-refractivity contribution in [3.8, 4) is 5.75 Å². The number of hydrogen-bond donors (Lipinski definition) is 3. The second-order valence-corrected chi connectivity index (χ2v) is 4.49. The molecule has 19 heavy (non-hydrogen) atoms. The molecule has 0 aromatic heterocycles. The summed E-state index contributed by atoms with van der Waals surface area (Å²) in [4.78, 5) is 11.6. The molecule has 1 aromatic carbocycles. The number of ether oxygens (including phenoxy) is 1. The summed E-state index contributed by atoms with van der Waals surface area (Å²) in [5, 5.41) is 14.3. The summed E-state index contributed by atoms with van der Waals surface area (Å²) in [7, 11) is 1.61. The molecule has 1 aromatic rings. The van der Waals surface area contributed by atoms with E-state index in [-0.39, 0.29) is 18.6 Å². The number of methoxy groups -OCH3 is 1. The van der Waals surface area contributed by atoms with E-state index in [1.54, 1.807) is 7.11 Å². The lowest BCUT2D eigenvalue weighted by Crippen LogP contribution is -2.37. The van der Waals surface area contributed by atoms with E-state index in [1.807, 2.05) is 31.2 Å². The molecule has 1 atom stereocenters. The molecule has 0 bridgehead atoms. The molecule has 0 aliphatic rings. The molecule has 0 radical (unpaired) electrons. The zero-order valence-electron chi connectivity index (χ0n) is 11.5. The second-order valence-electron chi connectivity index (χ2n) is 4.49. The number of nitrogens with one attached hydrogen (secondary N) is 2. The maximum atomic E-state index is 11.6. The van der Waals surface area contributed by atoms with Gasteiger partial charge >= 0.3 is 6.03 Å². The van der Waals surface area contributed by atoms with Gasteiger partial charge in [0.2, 0.25) is 0 Å². The van der Waals surface area contributed by atoms with E-state index in [1.165, 1.54) is 0 Å². The third-order valence-corrected chi connectivity index (χ3v) is 2.86. The Labute approximate surface area is 114 Å². The van der Waals surface area contributed by atoms with Crippen LogP contribution < -0.4 is 15.4 Å². The number of aliphatic hydroxyl groups excluding tert-OH is 1. The summed E-state index contributed by atoms with van der Waals surface area (Å²) >= 11 is 0. The van der Waals surface area contributed by atoms with Crippen molar-refractivity contribution >= 4 is 6.03 Å². The molecule has 5 heteroatoms. The molecule has 1 rings (SSSR count). The van der Waals surface area contributed by atoms with Crippen molar-refractivity contribution in [2.45, 2.75) is 19.9 Å². The van der Waals surface area contributed by atoms with Crippen LogP contribution in [0.3, 0.4) is 0 Å². The van der Waals surface area contributed by atoms with Crippen molar-refractivity contribution in [1.29, 1.82) is 0 Å². The van der Waals surface area contributed by atoms with Crippen molar-refractivity contribution in [2.75, 3.05) is 20.3 Å². The van der Waals surface area contributed by atoms with Crippen molar-refractivity contribution in [3.63, 3.8) is 0 Å². The Morgan fingerprint density at radius 2 is 2.11 bits per heavy atom. The minimum atomic E-state index is -0.212. The predicted molar refractivity (Wildman–Crippen MR) is 74.1 cm³/mol. The van der Waals surface area contributed by atoms with E-state index in [9.17, 15) is 4.79 Å². The Hall–Kier alpha value is -1.75. The van der Waals surface area contributed by atoms with Crippen molar-refractivity contribution < 1.29 is 14.6 Å². The van der Waals surface area contributed by atoms with E-state index in [0.717, 1.165) is 11.3 Å². The molecule has 0 saturated carbocycles. The Bertz CT molecular complexity index is 396. The van der Waals surface area contributed by atoms with Crippen LogP contribution in [-0.4, -0.2) is 31.4 Å². The van der Waals surface area contributed by atoms with E-state index in [0.29, 0.717) is 19.5 Å². The summed E-state index contributed by atoms with van der Waals surface area (Å²) in [5.41, 5.74) is 0.934. The van der Waals surface area contributed by atoms with Crippen LogP contribution in [0.2, 0.25) is 0 Å². The highest BCUT2D eigenvalue weighted by Gasteiger charge is 2.06. The first-order valence-corrected chi connectivity index (χ1v) is 6.41. The fourth-order valence-electron chi connectivity index (χ4n) is 1.68. The minimum Gasteiger partial charge on any atom is -0.496 e. The van der Waals surface area contributed by atoms with Gasteiger partial charge in [-0.3, -0.25) is 0 Å². The van der Waals surface area contributed by atoms with Crippen LogP contribution in [-0.2, 0) is 6.54 Å². The van der Waals surface area contributed by atoms with Gasteiger partial charge in [0.05, 0.1) is 7.11 Å². The van der Waals surface area contributed by atoms with Gasteiger partial charge in [-0.1, -0.05) is 25.1 Å². The lowest BCUT2D eigenvalue weighted by molar-refractivity contribution is 0.233. The number of rotatable bonds is 7. The van der Waals surface area contributed by atoms with Gasteiger partial charge in [0.1, 0.15) is 5.75 Å². The average Bonchev–Trinajstić information content (AvgIpc) is 2.43. The highest BCUT2D eigenvalue weighted by atomic mass is 16.5. The van der Waals surface area contributed by atoms with Crippen LogP contribution in [0.4, 0.5) is 4.79 Å². The van der Waals surface area contributed by atoms with Gasteiger partial charge in [0.25, 0.3) is 0 Å². The SMILES string of the molecule is COc1ccccc1CNC(=O)NCC(C)CCO. The van der Waals surface area contributed by atoms with Crippen LogP contribution in [0.1, 0.15) is 18.9 Å². The number of amides is 2. The van der Waals surface area contributed by atoms with Gasteiger partial charge in [-0.05, 0) is 18.4 Å². The molecule has 3 N–H and O–H groups in total. The van der Waals surface area contributed by atoms with Crippen molar-refractivity contribution in [3.05, 3.63) is 29.8 Å². The monoisotopic (exact) mass is 266 g/mol. The Balaban J connectivity index is 2.33. The quantitative estimate of drug-likeness (QED) is 0.700. The number of carbonyl (C=O) groups excluding carboxylic acids is 1. The summed E-state index contributed by atoms with van der Waals surface area (Å²) in [5.74, 6) is 1.03. The lowest BCUT2D eigenvalue weighted by Gasteiger charge is -2.13. The normalized spacial score (nSPS) is 11.7. The zero-order valence-corrected chi connectivity index (χ0v) is 11.5. The van der Waals surface area contributed by atoms with Crippen LogP contribution in [0, 0.1) is 5.92 Å². The first-order chi connectivity index (χ1) is 9.17. The molecule has 5 nitrogen and oxygen atoms in total. The first-order valence-electron chi connectivity index (χ1n) is 6.41. The molecule has 0 aliphatic heterocycles. The van der Waals surface area contributed by atoms with Crippen LogP contribution in [0.25, 0.3) is 0 Å². The molecule has 0 spiro atoms. The molecule has 0 saturated heterocycles. The molecular weight excluding hydrogens is 244 g/mol. The van der Waals surface area contributed by atoms with Crippen molar-refractivity contribution in [2.24, 2.45) is 5.92 Å². The largest absolute Gasteiger partial charge is 0.496 e. The Morgan fingerprint density at radius 1 is 1.37 bits per heavy atom. The fourth-order valence-corrected chi connectivity index (χ4v) is 1.68. The average molecular weight is 266 g/mol. The number of urea groups is 1. The van der Waals surface area contributed by atoms with Crippen LogP contribution in [0.5, 0.6) is 5.75 Å². The summed E-state index contributed by atoms with van der Waals surface area (Å²) in [6.07, 6.45) is 0.687. The predicted octanol–water partition coefficient (Wildman–Crippen LogP) is 1.51. The molecule has 1 unspecified atom stereocenters. The number of hydrogen-bond acceptors (Lipinski definition) is 3. The topological polar surface area (TPSA) is 70.6 Å². The highest BCUT2D eigenvalue weighted by Crippen LogP contribution is 2.16. The first kappa shape index (κ1) is 15.3. The number of aliphatic hydroxyl groups is 1. The smallest absolute Gasteiger partial charge is 0.315 e. The summed E-state index contributed by atoms with van der Waals surface area (Å²) in [6.45, 7) is 3.10. The van der Waals surface area contributed by atoms with Crippen LogP contribution >= 0.6 is 0 Å². The number of carbonyl (C=O) groups is 1. The number of para-hydroxylation sites is 1. The third kappa shape index (κ3) is 5.61. The van der Waals surface area contributed by atoms with Crippen LogP contribution in [0.15, 0.2) is 24.3 Å². The van der Waals surface area contributed by atoms with Gasteiger partial charge in [-0.2, -0.15) is 0 Å². The fraction of sp³-hybridized carbons (Fsp3) is 0.500. The third-order valence-electron chi connectivity index (χ3n) is 2.86. The lowest BCUT2D eigenvalue weighted by atomic mass is 10.1. The van der Waals surface area contributed by atoms with Gasteiger partial charge in [0.15, 0.2) is 0 Å². The minimum absolute atomic E-state index is 0.145. The molecular formula is C14H22N2O3. The zero-order chi connectivity index (χ0) is 14.1. The molecule has 106 valence electrons. The van der Waals surface area contributed by atoms with E-state index in [4.69, 9.17) is 9.84 Å². The van der Waals surface area contributed by atoms with E-state index < -0.39 is 0 Å². The maximum absolute atomic E-state index is 11.6. The molecule has 2 amide bonds. The standard InChI is InChI=1S/C14H22N2O3/c1-11(7-8-17)9-15-14(18)16-10-12-5-3-4-6-13(12)19-2/h3-6,11,17H,7-10H2,1-2H3,(H2,15,16,18). The molecule has 0 fully saturated rings. The Morgan fingerprint density at radius 3 is 2.79 bits per heavy atom.